The zero-order valence-electron chi connectivity index (χ0n) is 11.2. The Morgan fingerprint density at radius 1 is 1.25 bits per heavy atom. The van der Waals surface area contributed by atoms with E-state index >= 15 is 0 Å². The number of amides is 1. The zero-order chi connectivity index (χ0) is 14.9. The van der Waals surface area contributed by atoms with E-state index in [-0.39, 0.29) is 11.5 Å². The van der Waals surface area contributed by atoms with Gasteiger partial charge in [0.2, 0.25) is 0 Å². The molecule has 0 aromatic heterocycles. The minimum Gasteiger partial charge on any atom is -0.397 e. The maximum absolute atomic E-state index is 13.4. The number of hydrogen-bond donors (Lipinski definition) is 1. The minimum absolute atomic E-state index is 0.268. The third-order valence-corrected chi connectivity index (χ3v) is 3.18. The number of carbonyl (C=O) groups excluding carboxylic acids is 1. The second-order valence-electron chi connectivity index (χ2n) is 4.58. The SMILES string of the molecule is Cc1cc(F)cc(C(=O)N(C)c2cc(Cl)ccc2N)c1. The second-order valence-corrected chi connectivity index (χ2v) is 5.02. The van der Waals surface area contributed by atoms with Crippen molar-refractivity contribution in [2.75, 3.05) is 17.7 Å². The summed E-state index contributed by atoms with van der Waals surface area (Å²) in [7, 11) is 1.57. The van der Waals surface area contributed by atoms with Gasteiger partial charge in [0.15, 0.2) is 0 Å². The van der Waals surface area contributed by atoms with Crippen molar-refractivity contribution in [3.05, 3.63) is 58.4 Å². The van der Waals surface area contributed by atoms with E-state index in [0.717, 1.165) is 0 Å². The molecule has 0 aliphatic rings. The number of nitrogens with zero attached hydrogens (tertiary/aromatic N) is 1. The van der Waals surface area contributed by atoms with Gasteiger partial charge in [0, 0.05) is 17.6 Å². The molecule has 2 aromatic rings. The van der Waals surface area contributed by atoms with Crippen LogP contribution in [0.3, 0.4) is 0 Å². The Morgan fingerprint density at radius 2 is 1.95 bits per heavy atom. The predicted octanol–water partition coefficient (Wildman–Crippen LogP) is 3.65. The van der Waals surface area contributed by atoms with E-state index in [1.165, 1.54) is 17.0 Å². The van der Waals surface area contributed by atoms with Crippen LogP contribution in [0, 0.1) is 12.7 Å². The summed E-state index contributed by atoms with van der Waals surface area (Å²) in [5, 5.41) is 0.476. The quantitative estimate of drug-likeness (QED) is 0.859. The molecule has 0 aliphatic carbocycles. The average Bonchev–Trinajstić information content (AvgIpc) is 2.38. The molecule has 0 unspecified atom stereocenters. The maximum Gasteiger partial charge on any atom is 0.258 e. The number of halogens is 2. The van der Waals surface area contributed by atoms with Gasteiger partial charge in [-0.2, -0.15) is 0 Å². The van der Waals surface area contributed by atoms with Crippen molar-refractivity contribution < 1.29 is 9.18 Å². The fourth-order valence-electron chi connectivity index (χ4n) is 1.97. The first-order valence-electron chi connectivity index (χ1n) is 5.99. The van der Waals surface area contributed by atoms with Gasteiger partial charge in [-0.05, 0) is 48.9 Å². The van der Waals surface area contributed by atoms with Crippen molar-refractivity contribution >= 4 is 28.9 Å². The Balaban J connectivity index is 2.39. The first-order valence-corrected chi connectivity index (χ1v) is 6.36. The normalized spacial score (nSPS) is 10.4. The lowest BCUT2D eigenvalue weighted by Gasteiger charge is -2.19. The van der Waals surface area contributed by atoms with Crippen molar-refractivity contribution in [3.63, 3.8) is 0 Å². The first-order chi connectivity index (χ1) is 9.38. The highest BCUT2D eigenvalue weighted by molar-refractivity contribution is 6.31. The highest BCUT2D eigenvalue weighted by atomic mass is 35.5. The number of nitrogens with two attached hydrogens (primary N) is 1. The molecule has 0 saturated carbocycles. The van der Waals surface area contributed by atoms with Crippen LogP contribution in [0.25, 0.3) is 0 Å². The van der Waals surface area contributed by atoms with Gasteiger partial charge in [-0.3, -0.25) is 4.79 Å². The zero-order valence-corrected chi connectivity index (χ0v) is 11.9. The molecule has 0 saturated heterocycles. The summed E-state index contributed by atoms with van der Waals surface area (Å²) in [6.45, 7) is 1.73. The highest BCUT2D eigenvalue weighted by Crippen LogP contribution is 2.27. The molecule has 104 valence electrons. The Hall–Kier alpha value is -2.07. The summed E-state index contributed by atoms with van der Waals surface area (Å²) in [5.74, 6) is -0.789. The molecule has 5 heteroatoms. The first kappa shape index (κ1) is 14.3. The maximum atomic E-state index is 13.4. The fourth-order valence-corrected chi connectivity index (χ4v) is 2.14. The second kappa shape index (κ2) is 5.51. The number of anilines is 2. The van der Waals surface area contributed by atoms with E-state index in [2.05, 4.69) is 0 Å². The Labute approximate surface area is 121 Å². The largest absolute Gasteiger partial charge is 0.397 e. The van der Waals surface area contributed by atoms with Crippen molar-refractivity contribution in [1.82, 2.24) is 0 Å². The Bertz CT molecular complexity index is 653. The molecule has 20 heavy (non-hydrogen) atoms. The van der Waals surface area contributed by atoms with Crippen molar-refractivity contribution in [1.29, 1.82) is 0 Å². The smallest absolute Gasteiger partial charge is 0.258 e. The summed E-state index contributed by atoms with van der Waals surface area (Å²) in [6.07, 6.45) is 0. The van der Waals surface area contributed by atoms with Crippen LogP contribution >= 0.6 is 11.6 Å². The predicted molar refractivity (Wildman–Crippen MR) is 79.7 cm³/mol. The average molecular weight is 293 g/mol. The molecule has 0 aliphatic heterocycles. The molecule has 1 amide bonds. The van der Waals surface area contributed by atoms with E-state index in [0.29, 0.717) is 22.0 Å². The van der Waals surface area contributed by atoms with Gasteiger partial charge in [0.25, 0.3) is 5.91 Å². The lowest BCUT2D eigenvalue weighted by molar-refractivity contribution is 0.0992. The lowest BCUT2D eigenvalue weighted by atomic mass is 10.1. The van der Waals surface area contributed by atoms with Gasteiger partial charge in [0.05, 0.1) is 11.4 Å². The van der Waals surface area contributed by atoms with Gasteiger partial charge in [-0.15, -0.1) is 0 Å². The third kappa shape index (κ3) is 2.91. The fraction of sp³-hybridized carbons (Fsp3) is 0.133. The molecular formula is C15H14ClFN2O. The van der Waals surface area contributed by atoms with Gasteiger partial charge in [0.1, 0.15) is 5.82 Å². The van der Waals surface area contributed by atoms with Crippen molar-refractivity contribution in [3.8, 4) is 0 Å². The van der Waals surface area contributed by atoms with E-state index in [4.69, 9.17) is 17.3 Å². The Kier molecular flexibility index (Phi) is 3.95. The van der Waals surface area contributed by atoms with E-state index in [1.54, 1.807) is 38.2 Å². The molecule has 2 N–H and O–H groups in total. The minimum atomic E-state index is -0.444. The van der Waals surface area contributed by atoms with Gasteiger partial charge >= 0.3 is 0 Å². The van der Waals surface area contributed by atoms with Gasteiger partial charge < -0.3 is 10.6 Å². The number of benzene rings is 2. The van der Waals surface area contributed by atoms with Crippen LogP contribution in [0.15, 0.2) is 36.4 Å². The molecule has 0 radical (unpaired) electrons. The summed E-state index contributed by atoms with van der Waals surface area (Å²) < 4.78 is 13.4. The van der Waals surface area contributed by atoms with E-state index < -0.39 is 5.82 Å². The number of aryl methyl sites for hydroxylation is 1. The lowest BCUT2D eigenvalue weighted by Crippen LogP contribution is -2.27. The number of rotatable bonds is 2. The topological polar surface area (TPSA) is 46.3 Å². The van der Waals surface area contributed by atoms with E-state index in [9.17, 15) is 9.18 Å². The summed E-state index contributed by atoms with van der Waals surface area (Å²) in [4.78, 5) is 13.7. The Morgan fingerprint density at radius 3 is 2.60 bits per heavy atom. The van der Waals surface area contributed by atoms with E-state index in [1.807, 2.05) is 0 Å². The molecule has 0 atom stereocenters. The third-order valence-electron chi connectivity index (χ3n) is 2.95. The molecule has 2 aromatic carbocycles. The number of carbonyl (C=O) groups is 1. The van der Waals surface area contributed by atoms with Crippen LogP contribution in [0.2, 0.25) is 5.02 Å². The van der Waals surface area contributed by atoms with Crippen molar-refractivity contribution in [2.24, 2.45) is 0 Å². The van der Waals surface area contributed by atoms with Gasteiger partial charge in [-0.25, -0.2) is 4.39 Å². The number of hydrogen-bond acceptors (Lipinski definition) is 2. The number of nitrogen functional groups attached to an aromatic ring is 1. The summed E-state index contributed by atoms with van der Waals surface area (Å²) in [6, 6.07) is 9.06. The summed E-state index contributed by atoms with van der Waals surface area (Å²) >= 11 is 5.91. The summed E-state index contributed by atoms with van der Waals surface area (Å²) in [5.41, 5.74) is 7.71. The molecule has 2 rings (SSSR count). The molecule has 0 bridgehead atoms. The monoisotopic (exact) mass is 292 g/mol. The van der Waals surface area contributed by atoms with Crippen LogP contribution in [0.5, 0.6) is 0 Å². The van der Waals surface area contributed by atoms with Crippen molar-refractivity contribution in [2.45, 2.75) is 6.92 Å². The van der Waals surface area contributed by atoms with Gasteiger partial charge in [-0.1, -0.05) is 11.6 Å². The van der Waals surface area contributed by atoms with Crippen LogP contribution in [-0.4, -0.2) is 13.0 Å². The molecule has 0 spiro atoms. The molecule has 0 fully saturated rings. The standard InChI is InChI=1S/C15H14ClFN2O/c1-9-5-10(7-12(17)6-9)15(20)19(2)14-8-11(16)3-4-13(14)18/h3-8H,18H2,1-2H3. The molecule has 3 nitrogen and oxygen atoms in total. The molecule has 0 heterocycles. The van der Waals surface area contributed by atoms with Crippen LogP contribution in [-0.2, 0) is 0 Å². The molecular weight excluding hydrogens is 279 g/mol. The van der Waals surface area contributed by atoms with Crippen LogP contribution < -0.4 is 10.6 Å². The van der Waals surface area contributed by atoms with Crippen LogP contribution in [0.4, 0.5) is 15.8 Å². The van der Waals surface area contributed by atoms with Crippen LogP contribution in [0.1, 0.15) is 15.9 Å². The highest BCUT2D eigenvalue weighted by Gasteiger charge is 2.17.